The molecule has 3 aromatic heterocycles. The highest BCUT2D eigenvalue weighted by molar-refractivity contribution is 7.22. The first-order chi connectivity index (χ1) is 8.16. The minimum atomic E-state index is 0.854. The molecule has 0 aliphatic rings. The third kappa shape index (κ3) is 1.62. The molecule has 2 N–H and O–H groups in total. The van der Waals surface area contributed by atoms with Gasteiger partial charge in [-0.2, -0.15) is 0 Å². The first-order valence-corrected chi connectivity index (χ1v) is 6.86. The Bertz CT molecular complexity index is 664. The van der Waals surface area contributed by atoms with Crippen LogP contribution >= 0.6 is 22.7 Å². The van der Waals surface area contributed by atoms with Crippen molar-refractivity contribution in [2.75, 3.05) is 5.73 Å². The second-order valence-electron chi connectivity index (χ2n) is 3.88. The van der Waals surface area contributed by atoms with Gasteiger partial charge in [0.2, 0.25) is 0 Å². The zero-order valence-electron chi connectivity index (χ0n) is 9.52. The van der Waals surface area contributed by atoms with E-state index in [4.69, 9.17) is 5.73 Å². The monoisotopic (exact) mass is 261 g/mol. The number of hydrogen-bond acceptors (Lipinski definition) is 5. The number of aromatic nitrogens is 2. The number of thiazole rings is 1. The summed E-state index contributed by atoms with van der Waals surface area (Å²) in [6.07, 6.45) is 3.58. The van der Waals surface area contributed by atoms with Gasteiger partial charge in [0.1, 0.15) is 10.5 Å². The van der Waals surface area contributed by atoms with Gasteiger partial charge in [-0.3, -0.25) is 4.98 Å². The van der Waals surface area contributed by atoms with E-state index < -0.39 is 0 Å². The number of fused-ring (bicyclic) bond motifs is 1. The lowest BCUT2D eigenvalue weighted by Crippen LogP contribution is -1.85. The SMILES string of the molecule is Cc1sc(N)c(-c2nc3cnccc3s2)c1C. The van der Waals surface area contributed by atoms with Gasteiger partial charge in [-0.1, -0.05) is 0 Å². The molecular formula is C12H11N3S2. The smallest absolute Gasteiger partial charge is 0.127 e. The molecule has 0 aliphatic heterocycles. The maximum absolute atomic E-state index is 6.07. The molecule has 0 saturated carbocycles. The molecular weight excluding hydrogens is 250 g/mol. The molecule has 3 nitrogen and oxygen atoms in total. The third-order valence-electron chi connectivity index (χ3n) is 2.82. The molecule has 0 bridgehead atoms. The lowest BCUT2D eigenvalue weighted by Gasteiger charge is -1.96. The van der Waals surface area contributed by atoms with Crippen LogP contribution in [0, 0.1) is 13.8 Å². The molecule has 0 saturated heterocycles. The van der Waals surface area contributed by atoms with E-state index in [-0.39, 0.29) is 0 Å². The highest BCUT2D eigenvalue weighted by Crippen LogP contribution is 2.40. The highest BCUT2D eigenvalue weighted by Gasteiger charge is 2.15. The minimum Gasteiger partial charge on any atom is -0.390 e. The summed E-state index contributed by atoms with van der Waals surface area (Å²) in [6, 6.07) is 1.99. The van der Waals surface area contributed by atoms with Crippen molar-refractivity contribution in [3.8, 4) is 10.6 Å². The fraction of sp³-hybridized carbons (Fsp3) is 0.167. The average Bonchev–Trinajstić information content (AvgIpc) is 2.81. The van der Waals surface area contributed by atoms with Crippen molar-refractivity contribution in [3.05, 3.63) is 28.9 Å². The van der Waals surface area contributed by atoms with Crippen LogP contribution in [-0.4, -0.2) is 9.97 Å². The maximum Gasteiger partial charge on any atom is 0.127 e. The average molecular weight is 261 g/mol. The van der Waals surface area contributed by atoms with Crippen LogP contribution in [-0.2, 0) is 0 Å². The van der Waals surface area contributed by atoms with E-state index in [0.29, 0.717) is 0 Å². The van der Waals surface area contributed by atoms with Gasteiger partial charge >= 0.3 is 0 Å². The molecule has 5 heteroatoms. The van der Waals surface area contributed by atoms with E-state index >= 15 is 0 Å². The number of pyridine rings is 1. The van der Waals surface area contributed by atoms with E-state index in [2.05, 4.69) is 23.8 Å². The lowest BCUT2D eigenvalue weighted by atomic mass is 10.2. The van der Waals surface area contributed by atoms with Crippen LogP contribution in [0.2, 0.25) is 0 Å². The molecule has 3 heterocycles. The van der Waals surface area contributed by atoms with Gasteiger partial charge in [-0.25, -0.2) is 4.98 Å². The number of rotatable bonds is 1. The number of aryl methyl sites for hydroxylation is 1. The molecule has 0 atom stereocenters. The number of nitrogens with zero attached hydrogens (tertiary/aromatic N) is 2. The predicted octanol–water partition coefficient (Wildman–Crippen LogP) is 3.62. The van der Waals surface area contributed by atoms with E-state index in [1.165, 1.54) is 10.4 Å². The molecule has 0 aromatic carbocycles. The Hall–Kier alpha value is -1.46. The molecule has 0 fully saturated rings. The van der Waals surface area contributed by atoms with Crippen molar-refractivity contribution in [1.29, 1.82) is 0 Å². The molecule has 86 valence electrons. The fourth-order valence-electron chi connectivity index (χ4n) is 1.81. The standard InChI is InChI=1S/C12H11N3S2/c1-6-7(2)16-11(13)10(6)12-15-8-5-14-4-3-9(8)17-12/h3-5H,13H2,1-2H3. The van der Waals surface area contributed by atoms with Crippen molar-refractivity contribution in [3.63, 3.8) is 0 Å². The second-order valence-corrected chi connectivity index (χ2v) is 6.17. The quantitative estimate of drug-likeness (QED) is 0.728. The number of nitrogens with two attached hydrogens (primary N) is 1. The van der Waals surface area contributed by atoms with Crippen LogP contribution in [0.5, 0.6) is 0 Å². The Balaban J connectivity index is 2.27. The van der Waals surface area contributed by atoms with Crippen LogP contribution < -0.4 is 5.73 Å². The largest absolute Gasteiger partial charge is 0.390 e. The zero-order valence-corrected chi connectivity index (χ0v) is 11.2. The van der Waals surface area contributed by atoms with Gasteiger partial charge in [0.05, 0.1) is 15.9 Å². The lowest BCUT2D eigenvalue weighted by molar-refractivity contribution is 1.33. The molecule has 0 spiro atoms. The fourth-order valence-corrected chi connectivity index (χ4v) is 3.86. The van der Waals surface area contributed by atoms with Gasteiger partial charge < -0.3 is 5.73 Å². The zero-order chi connectivity index (χ0) is 12.0. The Morgan fingerprint density at radius 1 is 1.24 bits per heavy atom. The maximum atomic E-state index is 6.07. The van der Waals surface area contributed by atoms with Gasteiger partial charge in [0.25, 0.3) is 0 Å². The molecule has 0 amide bonds. The van der Waals surface area contributed by atoms with E-state index in [1.54, 1.807) is 35.1 Å². The summed E-state index contributed by atoms with van der Waals surface area (Å²) in [5.74, 6) is 0. The van der Waals surface area contributed by atoms with Gasteiger partial charge in [0.15, 0.2) is 0 Å². The molecule has 3 rings (SSSR count). The van der Waals surface area contributed by atoms with Crippen molar-refractivity contribution in [2.45, 2.75) is 13.8 Å². The molecule has 0 unspecified atom stereocenters. The van der Waals surface area contributed by atoms with Crippen LogP contribution in [0.25, 0.3) is 20.8 Å². The first kappa shape index (κ1) is 10.7. The highest BCUT2D eigenvalue weighted by atomic mass is 32.1. The van der Waals surface area contributed by atoms with Crippen LogP contribution in [0.1, 0.15) is 10.4 Å². The van der Waals surface area contributed by atoms with E-state index in [1.807, 2.05) is 6.07 Å². The first-order valence-electron chi connectivity index (χ1n) is 5.23. The van der Waals surface area contributed by atoms with Crippen molar-refractivity contribution in [1.82, 2.24) is 9.97 Å². The summed E-state index contributed by atoms with van der Waals surface area (Å²) in [7, 11) is 0. The van der Waals surface area contributed by atoms with Crippen LogP contribution in [0.3, 0.4) is 0 Å². The summed E-state index contributed by atoms with van der Waals surface area (Å²) < 4.78 is 1.15. The third-order valence-corrected chi connectivity index (χ3v) is 4.91. The number of thiophene rings is 1. The predicted molar refractivity (Wildman–Crippen MR) is 74.6 cm³/mol. The van der Waals surface area contributed by atoms with Crippen molar-refractivity contribution < 1.29 is 0 Å². The van der Waals surface area contributed by atoms with Crippen molar-refractivity contribution in [2.24, 2.45) is 0 Å². The summed E-state index contributed by atoms with van der Waals surface area (Å²) in [4.78, 5) is 9.95. The summed E-state index contributed by atoms with van der Waals surface area (Å²) in [6.45, 7) is 4.19. The molecule has 0 aliphatic carbocycles. The molecule has 17 heavy (non-hydrogen) atoms. The Kier molecular flexibility index (Phi) is 2.38. The topological polar surface area (TPSA) is 51.8 Å². The van der Waals surface area contributed by atoms with E-state index in [0.717, 1.165) is 25.8 Å². The summed E-state index contributed by atoms with van der Waals surface area (Å²) in [5, 5.41) is 1.85. The van der Waals surface area contributed by atoms with Gasteiger partial charge in [-0.05, 0) is 25.5 Å². The number of anilines is 1. The second kappa shape index (κ2) is 3.78. The Morgan fingerprint density at radius 2 is 2.06 bits per heavy atom. The normalized spacial score (nSPS) is 11.2. The molecule has 3 aromatic rings. The summed E-state index contributed by atoms with van der Waals surface area (Å²) >= 11 is 3.30. The Labute approximate surface area is 107 Å². The minimum absolute atomic E-state index is 0.854. The number of nitrogen functional groups attached to an aromatic ring is 1. The van der Waals surface area contributed by atoms with Crippen LogP contribution in [0.15, 0.2) is 18.5 Å². The number of hydrogen-bond donors (Lipinski definition) is 1. The Morgan fingerprint density at radius 3 is 2.71 bits per heavy atom. The van der Waals surface area contributed by atoms with E-state index in [9.17, 15) is 0 Å². The van der Waals surface area contributed by atoms with Gasteiger partial charge in [0, 0.05) is 16.6 Å². The van der Waals surface area contributed by atoms with Gasteiger partial charge in [-0.15, -0.1) is 22.7 Å². The van der Waals surface area contributed by atoms with Crippen molar-refractivity contribution >= 4 is 37.9 Å². The van der Waals surface area contributed by atoms with Crippen LogP contribution in [0.4, 0.5) is 5.00 Å². The summed E-state index contributed by atoms with van der Waals surface area (Å²) in [5.41, 5.74) is 9.33. The molecule has 0 radical (unpaired) electrons.